The van der Waals surface area contributed by atoms with E-state index in [4.69, 9.17) is 0 Å². The fourth-order valence-corrected chi connectivity index (χ4v) is 6.71. The van der Waals surface area contributed by atoms with Gasteiger partial charge in [-0.15, -0.1) is 4.40 Å². The van der Waals surface area contributed by atoms with Crippen LogP contribution in [0.4, 0.5) is 0 Å². The predicted molar refractivity (Wildman–Crippen MR) is 125 cm³/mol. The molecule has 0 spiro atoms. The van der Waals surface area contributed by atoms with Gasteiger partial charge in [-0.05, 0) is 60.4 Å². The Balaban J connectivity index is 1.27. The van der Waals surface area contributed by atoms with Crippen LogP contribution in [0, 0.1) is 5.92 Å². The van der Waals surface area contributed by atoms with Crippen LogP contribution in [-0.2, 0) is 15.0 Å². The van der Waals surface area contributed by atoms with Crippen LogP contribution in [0.2, 0.25) is 0 Å². The molecule has 3 aliphatic carbocycles. The van der Waals surface area contributed by atoms with E-state index < -0.39 is 10.2 Å². The molecule has 2 bridgehead atoms. The van der Waals surface area contributed by atoms with Gasteiger partial charge in [0.25, 0.3) is 0 Å². The van der Waals surface area contributed by atoms with Gasteiger partial charge in [-0.25, -0.2) is 0 Å². The summed E-state index contributed by atoms with van der Waals surface area (Å²) in [6.07, 6.45) is 1.80. The molecule has 1 aliphatic heterocycles. The lowest BCUT2D eigenvalue weighted by atomic mass is 9.59. The Hall–Kier alpha value is -2.93. The van der Waals surface area contributed by atoms with Crippen molar-refractivity contribution in [2.75, 3.05) is 6.54 Å². The van der Waals surface area contributed by atoms with E-state index in [1.54, 1.807) is 13.8 Å². The second kappa shape index (κ2) is 7.89. The highest BCUT2D eigenvalue weighted by Crippen LogP contribution is 2.55. The zero-order valence-electron chi connectivity index (χ0n) is 18.3. The number of hydrogen-bond acceptors (Lipinski definition) is 3. The maximum absolute atomic E-state index is 12.7. The summed E-state index contributed by atoms with van der Waals surface area (Å²) in [6.45, 7) is 4.01. The molecule has 2 N–H and O–H groups in total. The molecule has 32 heavy (non-hydrogen) atoms. The average molecular weight is 450 g/mol. The molecule has 0 fully saturated rings. The van der Waals surface area contributed by atoms with Crippen molar-refractivity contribution in [3.63, 3.8) is 0 Å². The number of carbonyl (C=O) groups excluding carboxylic acids is 1. The summed E-state index contributed by atoms with van der Waals surface area (Å²) in [7, 11) is -3.65. The zero-order chi connectivity index (χ0) is 22.5. The first-order valence-electron chi connectivity index (χ1n) is 11.1. The number of nitrogens with one attached hydrogen (secondary N) is 2. The molecule has 2 aromatic carbocycles. The molecule has 1 heterocycles. The van der Waals surface area contributed by atoms with Gasteiger partial charge in [0, 0.05) is 30.5 Å². The van der Waals surface area contributed by atoms with Crippen LogP contribution in [0.3, 0.4) is 0 Å². The van der Waals surface area contributed by atoms with Crippen molar-refractivity contribution in [2.45, 2.75) is 44.9 Å². The summed E-state index contributed by atoms with van der Waals surface area (Å²) >= 11 is 0. The number of rotatable bonds is 5. The quantitative estimate of drug-likeness (QED) is 0.729. The molecule has 1 unspecified atom stereocenters. The fraction of sp³-hybridized carbons (Fsp3) is 0.360. The first-order chi connectivity index (χ1) is 15.3. The SMILES string of the molecule is CC1=NS(=O)(=O)NC(C)=C1CCC(=O)NCC1CC2c3ccccc3C1c1ccccc12. The lowest BCUT2D eigenvalue weighted by Crippen LogP contribution is -2.39. The normalized spacial score (nSPS) is 24.8. The molecule has 2 aromatic rings. The molecule has 1 atom stereocenters. The largest absolute Gasteiger partial charge is 0.356 e. The number of amides is 1. The number of nitrogens with zero attached hydrogens (tertiary/aromatic N) is 1. The summed E-state index contributed by atoms with van der Waals surface area (Å²) in [4.78, 5) is 12.7. The second-order valence-electron chi connectivity index (χ2n) is 8.95. The molecule has 7 heteroatoms. The molecule has 166 valence electrons. The highest BCUT2D eigenvalue weighted by atomic mass is 32.2. The first-order valence-corrected chi connectivity index (χ1v) is 12.5. The van der Waals surface area contributed by atoms with Crippen LogP contribution in [0.5, 0.6) is 0 Å². The van der Waals surface area contributed by atoms with E-state index in [0.717, 1.165) is 12.0 Å². The van der Waals surface area contributed by atoms with E-state index in [1.165, 1.54) is 22.3 Å². The summed E-state index contributed by atoms with van der Waals surface area (Å²) < 4.78 is 29.4. The molecule has 0 aromatic heterocycles. The number of hydrogen-bond donors (Lipinski definition) is 2. The summed E-state index contributed by atoms with van der Waals surface area (Å²) in [5.74, 6) is 1.03. The molecule has 0 radical (unpaired) electrons. The van der Waals surface area contributed by atoms with Gasteiger partial charge in [-0.1, -0.05) is 48.5 Å². The number of benzene rings is 2. The molecular weight excluding hydrogens is 422 g/mol. The Morgan fingerprint density at radius 1 is 1.03 bits per heavy atom. The number of carbonyl (C=O) groups is 1. The maximum atomic E-state index is 12.7. The molecule has 0 saturated carbocycles. The van der Waals surface area contributed by atoms with Crippen molar-refractivity contribution in [1.82, 2.24) is 10.0 Å². The Morgan fingerprint density at radius 3 is 2.22 bits per heavy atom. The minimum atomic E-state index is -3.65. The van der Waals surface area contributed by atoms with Crippen LogP contribution >= 0.6 is 0 Å². The van der Waals surface area contributed by atoms with E-state index in [9.17, 15) is 13.2 Å². The Kier molecular flexibility index (Phi) is 5.16. The lowest BCUT2D eigenvalue weighted by molar-refractivity contribution is -0.121. The minimum absolute atomic E-state index is 0.0189. The Labute approximate surface area is 189 Å². The fourth-order valence-electron chi connectivity index (χ4n) is 5.68. The first kappa shape index (κ1) is 20.9. The van der Waals surface area contributed by atoms with E-state index >= 15 is 0 Å². The van der Waals surface area contributed by atoms with Gasteiger partial charge in [-0.3, -0.25) is 9.52 Å². The highest BCUT2D eigenvalue weighted by Gasteiger charge is 2.42. The summed E-state index contributed by atoms with van der Waals surface area (Å²) in [5, 5.41) is 3.14. The monoisotopic (exact) mass is 449 g/mol. The van der Waals surface area contributed by atoms with Crippen LogP contribution in [-0.4, -0.2) is 26.6 Å². The van der Waals surface area contributed by atoms with Gasteiger partial charge in [0.05, 0.1) is 5.71 Å². The van der Waals surface area contributed by atoms with Gasteiger partial charge in [0.2, 0.25) is 5.91 Å². The standard InChI is InChI=1S/C25H27N3O3S/c1-15-18(16(2)28-32(30,31)27-15)11-12-24(29)26-14-17-13-23-19-7-3-5-9-21(19)25(17)22-10-6-4-8-20(22)23/h3-10,17,23,25,27H,11-14H2,1-2H3,(H,26,29). The Bertz CT molecular complexity index is 1220. The molecule has 6 nitrogen and oxygen atoms in total. The van der Waals surface area contributed by atoms with Crippen molar-refractivity contribution in [3.8, 4) is 0 Å². The third-order valence-electron chi connectivity index (χ3n) is 7.01. The molecular formula is C25H27N3O3S. The van der Waals surface area contributed by atoms with Crippen molar-refractivity contribution in [3.05, 3.63) is 82.1 Å². The summed E-state index contributed by atoms with van der Waals surface area (Å²) in [6, 6.07) is 17.4. The molecule has 0 saturated heterocycles. The molecule has 6 rings (SSSR count). The zero-order valence-corrected chi connectivity index (χ0v) is 19.1. The van der Waals surface area contributed by atoms with Gasteiger partial charge >= 0.3 is 10.2 Å². The maximum Gasteiger partial charge on any atom is 0.342 e. The second-order valence-corrected chi connectivity index (χ2v) is 10.3. The molecule has 4 aliphatic rings. The van der Waals surface area contributed by atoms with Crippen molar-refractivity contribution < 1.29 is 13.2 Å². The van der Waals surface area contributed by atoms with Crippen molar-refractivity contribution >= 4 is 21.8 Å². The van der Waals surface area contributed by atoms with Gasteiger partial charge in [-0.2, -0.15) is 8.42 Å². The average Bonchev–Trinajstić information content (AvgIpc) is 2.76. The smallest absolute Gasteiger partial charge is 0.342 e. The number of fused-ring (bicyclic) bond motifs is 1. The van der Waals surface area contributed by atoms with Gasteiger partial charge < -0.3 is 5.32 Å². The van der Waals surface area contributed by atoms with Gasteiger partial charge in [0.15, 0.2) is 0 Å². The van der Waals surface area contributed by atoms with Crippen molar-refractivity contribution in [1.29, 1.82) is 0 Å². The van der Waals surface area contributed by atoms with Crippen LogP contribution in [0.15, 0.2) is 64.2 Å². The topological polar surface area (TPSA) is 87.6 Å². The third-order valence-corrected chi connectivity index (χ3v) is 8.09. The molecule has 1 amide bonds. The van der Waals surface area contributed by atoms with E-state index in [2.05, 4.69) is 63.0 Å². The number of allylic oxidation sites excluding steroid dienone is 2. The van der Waals surface area contributed by atoms with Crippen LogP contribution < -0.4 is 10.0 Å². The Morgan fingerprint density at radius 2 is 1.62 bits per heavy atom. The van der Waals surface area contributed by atoms with E-state index in [0.29, 0.717) is 48.5 Å². The van der Waals surface area contributed by atoms with E-state index in [1.807, 2.05) is 0 Å². The summed E-state index contributed by atoms with van der Waals surface area (Å²) in [5.41, 5.74) is 7.42. The van der Waals surface area contributed by atoms with E-state index in [-0.39, 0.29) is 5.91 Å². The van der Waals surface area contributed by atoms with Gasteiger partial charge in [0.1, 0.15) is 0 Å². The van der Waals surface area contributed by atoms with Crippen LogP contribution in [0.1, 0.15) is 67.2 Å². The highest BCUT2D eigenvalue weighted by molar-refractivity contribution is 7.88. The third kappa shape index (κ3) is 3.64. The van der Waals surface area contributed by atoms with Crippen LogP contribution in [0.25, 0.3) is 0 Å². The minimum Gasteiger partial charge on any atom is -0.356 e. The lowest BCUT2D eigenvalue weighted by Gasteiger charge is -2.45. The van der Waals surface area contributed by atoms with Crippen molar-refractivity contribution in [2.24, 2.45) is 10.3 Å². The predicted octanol–water partition coefficient (Wildman–Crippen LogP) is 3.76.